The molecule has 0 aliphatic heterocycles. The molecule has 1 fully saturated rings. The molecule has 0 saturated heterocycles. The van der Waals surface area contributed by atoms with E-state index < -0.39 is 0 Å². The van der Waals surface area contributed by atoms with Crippen molar-refractivity contribution in [3.63, 3.8) is 0 Å². The molecule has 0 radical (unpaired) electrons. The van der Waals surface area contributed by atoms with Crippen LogP contribution in [-0.4, -0.2) is 17.1 Å². The molecule has 1 aliphatic carbocycles. The summed E-state index contributed by atoms with van der Waals surface area (Å²) in [5, 5.41) is 3.53. The highest BCUT2D eigenvalue weighted by Crippen LogP contribution is 2.17. The van der Waals surface area contributed by atoms with E-state index in [0.717, 1.165) is 17.6 Å². The Labute approximate surface area is 105 Å². The number of nitrogens with one attached hydrogen (secondary N) is 1. The zero-order valence-corrected chi connectivity index (χ0v) is 10.9. The van der Waals surface area contributed by atoms with E-state index in [1.807, 2.05) is 12.3 Å². The number of pyridine rings is 1. The Balaban J connectivity index is 1.84. The smallest absolute Gasteiger partial charge is 0.106 e. The van der Waals surface area contributed by atoms with Gasteiger partial charge in [0.1, 0.15) is 4.60 Å². The van der Waals surface area contributed by atoms with Gasteiger partial charge in [-0.2, -0.15) is 0 Å². The lowest BCUT2D eigenvalue weighted by Gasteiger charge is -2.29. The standard InChI is InChI=1S/C12H18BrN3/c13-12-6-5-9(8-16-12)7-15-11-4-2-1-3-10(11)14/h5-6,8,10-11,15H,1-4,7,14H2/t10-,11+/m1/s1. The lowest BCUT2D eigenvalue weighted by atomic mass is 9.91. The summed E-state index contributed by atoms with van der Waals surface area (Å²) in [7, 11) is 0. The van der Waals surface area contributed by atoms with Crippen LogP contribution in [0.25, 0.3) is 0 Å². The first-order valence-electron chi connectivity index (χ1n) is 5.85. The van der Waals surface area contributed by atoms with Gasteiger partial charge in [-0.25, -0.2) is 4.98 Å². The second-order valence-corrected chi connectivity index (χ2v) is 5.24. The molecule has 16 heavy (non-hydrogen) atoms. The molecule has 1 heterocycles. The van der Waals surface area contributed by atoms with Crippen LogP contribution in [0.2, 0.25) is 0 Å². The van der Waals surface area contributed by atoms with Crippen LogP contribution in [0.3, 0.4) is 0 Å². The highest BCUT2D eigenvalue weighted by atomic mass is 79.9. The van der Waals surface area contributed by atoms with Crippen molar-refractivity contribution in [1.29, 1.82) is 0 Å². The molecule has 0 aromatic carbocycles. The normalized spacial score (nSPS) is 25.6. The van der Waals surface area contributed by atoms with Gasteiger partial charge in [-0.1, -0.05) is 18.9 Å². The summed E-state index contributed by atoms with van der Waals surface area (Å²) >= 11 is 3.33. The fourth-order valence-corrected chi connectivity index (χ4v) is 2.41. The number of nitrogens with two attached hydrogens (primary N) is 1. The number of halogens is 1. The molecule has 2 atom stereocenters. The van der Waals surface area contributed by atoms with Crippen molar-refractivity contribution in [3.05, 3.63) is 28.5 Å². The maximum atomic E-state index is 6.08. The van der Waals surface area contributed by atoms with Crippen molar-refractivity contribution in [2.45, 2.75) is 44.3 Å². The molecule has 0 bridgehead atoms. The van der Waals surface area contributed by atoms with Crippen LogP contribution in [0.4, 0.5) is 0 Å². The van der Waals surface area contributed by atoms with Crippen molar-refractivity contribution < 1.29 is 0 Å². The summed E-state index contributed by atoms with van der Waals surface area (Å²) in [5.41, 5.74) is 7.29. The van der Waals surface area contributed by atoms with Crippen LogP contribution in [0.1, 0.15) is 31.2 Å². The molecule has 3 N–H and O–H groups in total. The predicted molar refractivity (Wildman–Crippen MR) is 69.0 cm³/mol. The van der Waals surface area contributed by atoms with E-state index in [9.17, 15) is 0 Å². The van der Waals surface area contributed by atoms with E-state index >= 15 is 0 Å². The molecule has 88 valence electrons. The average molecular weight is 284 g/mol. The van der Waals surface area contributed by atoms with Gasteiger partial charge in [0.25, 0.3) is 0 Å². The van der Waals surface area contributed by atoms with Gasteiger partial charge < -0.3 is 11.1 Å². The minimum atomic E-state index is 0.317. The first kappa shape index (κ1) is 12.0. The van der Waals surface area contributed by atoms with Crippen molar-refractivity contribution in [3.8, 4) is 0 Å². The van der Waals surface area contributed by atoms with Gasteiger partial charge in [-0.05, 0) is 40.4 Å². The lowest BCUT2D eigenvalue weighted by molar-refractivity contribution is 0.326. The Morgan fingerprint density at radius 3 is 2.88 bits per heavy atom. The molecule has 0 amide bonds. The van der Waals surface area contributed by atoms with Gasteiger partial charge in [0.05, 0.1) is 0 Å². The molecular weight excluding hydrogens is 266 g/mol. The van der Waals surface area contributed by atoms with Gasteiger partial charge in [0.2, 0.25) is 0 Å². The van der Waals surface area contributed by atoms with Crippen molar-refractivity contribution >= 4 is 15.9 Å². The summed E-state index contributed by atoms with van der Waals surface area (Å²) in [5.74, 6) is 0. The van der Waals surface area contributed by atoms with Gasteiger partial charge in [-0.15, -0.1) is 0 Å². The predicted octanol–water partition coefficient (Wildman–Crippen LogP) is 2.20. The largest absolute Gasteiger partial charge is 0.326 e. The molecule has 1 aromatic heterocycles. The second kappa shape index (κ2) is 5.75. The SMILES string of the molecule is N[C@@H]1CCCC[C@@H]1NCc1ccc(Br)nc1. The third-order valence-corrected chi connectivity index (χ3v) is 3.65. The van der Waals surface area contributed by atoms with Crippen LogP contribution < -0.4 is 11.1 Å². The fourth-order valence-electron chi connectivity index (χ4n) is 2.17. The fraction of sp³-hybridized carbons (Fsp3) is 0.583. The number of aromatic nitrogens is 1. The number of hydrogen-bond acceptors (Lipinski definition) is 3. The zero-order valence-electron chi connectivity index (χ0n) is 9.32. The highest BCUT2D eigenvalue weighted by Gasteiger charge is 2.20. The highest BCUT2D eigenvalue weighted by molar-refractivity contribution is 9.10. The Morgan fingerprint density at radius 1 is 1.38 bits per heavy atom. The molecule has 1 saturated carbocycles. The summed E-state index contributed by atoms with van der Waals surface area (Å²) in [4.78, 5) is 4.21. The second-order valence-electron chi connectivity index (χ2n) is 4.42. The quantitative estimate of drug-likeness (QED) is 0.837. The third kappa shape index (κ3) is 3.27. The van der Waals surface area contributed by atoms with E-state index in [1.165, 1.54) is 24.8 Å². The first-order chi connectivity index (χ1) is 7.75. The van der Waals surface area contributed by atoms with E-state index in [2.05, 4.69) is 32.3 Å². The zero-order chi connectivity index (χ0) is 11.4. The number of rotatable bonds is 3. The monoisotopic (exact) mass is 283 g/mol. The van der Waals surface area contributed by atoms with Crippen molar-refractivity contribution in [2.24, 2.45) is 5.73 Å². The van der Waals surface area contributed by atoms with Crippen LogP contribution >= 0.6 is 15.9 Å². The van der Waals surface area contributed by atoms with Crippen LogP contribution in [0.15, 0.2) is 22.9 Å². The Morgan fingerprint density at radius 2 is 2.19 bits per heavy atom. The van der Waals surface area contributed by atoms with Crippen molar-refractivity contribution in [2.75, 3.05) is 0 Å². The maximum absolute atomic E-state index is 6.08. The summed E-state index contributed by atoms with van der Waals surface area (Å²) in [6.07, 6.45) is 6.82. The van der Waals surface area contributed by atoms with Crippen molar-refractivity contribution in [1.82, 2.24) is 10.3 Å². The van der Waals surface area contributed by atoms with E-state index in [4.69, 9.17) is 5.73 Å². The number of hydrogen-bond donors (Lipinski definition) is 2. The van der Waals surface area contributed by atoms with Gasteiger partial charge >= 0.3 is 0 Å². The lowest BCUT2D eigenvalue weighted by Crippen LogP contribution is -2.46. The topological polar surface area (TPSA) is 50.9 Å². The summed E-state index contributed by atoms with van der Waals surface area (Å²) in [6, 6.07) is 4.84. The molecule has 3 nitrogen and oxygen atoms in total. The Hall–Kier alpha value is -0.450. The summed E-state index contributed by atoms with van der Waals surface area (Å²) in [6.45, 7) is 0.860. The maximum Gasteiger partial charge on any atom is 0.106 e. The summed E-state index contributed by atoms with van der Waals surface area (Å²) < 4.78 is 0.880. The average Bonchev–Trinajstić information content (AvgIpc) is 2.30. The molecule has 1 aliphatic rings. The first-order valence-corrected chi connectivity index (χ1v) is 6.64. The molecule has 0 spiro atoms. The van der Waals surface area contributed by atoms with Crippen LogP contribution in [0.5, 0.6) is 0 Å². The van der Waals surface area contributed by atoms with Gasteiger partial charge in [0, 0.05) is 24.8 Å². The van der Waals surface area contributed by atoms with E-state index in [1.54, 1.807) is 0 Å². The Bertz CT molecular complexity index is 326. The van der Waals surface area contributed by atoms with Gasteiger partial charge in [-0.3, -0.25) is 0 Å². The molecule has 4 heteroatoms. The minimum absolute atomic E-state index is 0.317. The molecule has 1 aromatic rings. The van der Waals surface area contributed by atoms with Gasteiger partial charge in [0.15, 0.2) is 0 Å². The molecule has 0 unspecified atom stereocenters. The number of nitrogens with zero attached hydrogens (tertiary/aromatic N) is 1. The van der Waals surface area contributed by atoms with E-state index in [0.29, 0.717) is 12.1 Å². The van der Waals surface area contributed by atoms with E-state index in [-0.39, 0.29) is 0 Å². The molecule has 2 rings (SSSR count). The minimum Gasteiger partial charge on any atom is -0.326 e. The molecular formula is C12H18BrN3. The third-order valence-electron chi connectivity index (χ3n) is 3.18. The van der Waals surface area contributed by atoms with Crippen LogP contribution in [-0.2, 0) is 6.54 Å². The Kier molecular flexibility index (Phi) is 4.32. The van der Waals surface area contributed by atoms with Crippen LogP contribution in [0, 0.1) is 0 Å².